The van der Waals surface area contributed by atoms with Gasteiger partial charge in [0.05, 0.1) is 16.8 Å². The summed E-state index contributed by atoms with van der Waals surface area (Å²) in [5, 5.41) is 7.83. The predicted octanol–water partition coefficient (Wildman–Crippen LogP) is 5.11. The van der Waals surface area contributed by atoms with Crippen LogP contribution in [0.4, 0.5) is 5.69 Å². The molecule has 0 heterocycles. The molecule has 0 saturated heterocycles. The van der Waals surface area contributed by atoms with E-state index >= 15 is 0 Å². The molecule has 2 aromatic carbocycles. The van der Waals surface area contributed by atoms with Gasteiger partial charge in [-0.15, -0.1) is 0 Å². The van der Waals surface area contributed by atoms with Crippen LogP contribution in [0.5, 0.6) is 0 Å². The molecule has 0 amide bonds. The molecule has 2 aromatic rings. The minimum absolute atomic E-state index is 0.232. The molecule has 0 spiro atoms. The van der Waals surface area contributed by atoms with Crippen LogP contribution in [0.3, 0.4) is 0 Å². The Bertz CT molecular complexity index is 733. The van der Waals surface area contributed by atoms with Crippen molar-refractivity contribution in [1.29, 1.82) is 0 Å². The highest BCUT2D eigenvalue weighted by Crippen LogP contribution is 2.27. The topological polar surface area (TPSA) is 27.3 Å². The molecule has 5 heteroatoms. The van der Waals surface area contributed by atoms with Crippen LogP contribution in [0.15, 0.2) is 36.4 Å². The minimum atomic E-state index is 0.232. The first-order chi connectivity index (χ1) is 12.3. The summed E-state index contributed by atoms with van der Waals surface area (Å²) < 4.78 is 0. The molecule has 0 bridgehead atoms. The van der Waals surface area contributed by atoms with Gasteiger partial charge in [0.1, 0.15) is 0 Å². The normalized spacial score (nSPS) is 12.1. The van der Waals surface area contributed by atoms with Gasteiger partial charge in [0.25, 0.3) is 0 Å². The zero-order valence-electron chi connectivity index (χ0n) is 16.2. The number of hydrogen-bond donors (Lipinski definition) is 2. The third-order valence-corrected chi connectivity index (χ3v) is 5.07. The van der Waals surface area contributed by atoms with Crippen LogP contribution < -0.4 is 10.6 Å². The number of aryl methyl sites for hydroxylation is 3. The van der Waals surface area contributed by atoms with Crippen LogP contribution in [0.1, 0.15) is 35.2 Å². The largest absolute Gasteiger partial charge is 0.361 e. The molecule has 0 aliphatic heterocycles. The Morgan fingerprint density at radius 3 is 2.35 bits per heavy atom. The lowest BCUT2D eigenvalue weighted by Gasteiger charge is -2.26. The van der Waals surface area contributed by atoms with E-state index in [4.69, 9.17) is 23.8 Å². The van der Waals surface area contributed by atoms with Crippen molar-refractivity contribution in [3.8, 4) is 0 Å². The summed E-state index contributed by atoms with van der Waals surface area (Å²) in [6, 6.07) is 13.0. The third kappa shape index (κ3) is 5.44. The number of hydrogen-bond acceptors (Lipinski definition) is 2. The number of anilines is 1. The second kappa shape index (κ2) is 9.36. The first kappa shape index (κ1) is 20.7. The fraction of sp³-hybridized carbons (Fsp3) is 0.381. The highest BCUT2D eigenvalue weighted by molar-refractivity contribution is 7.80. The van der Waals surface area contributed by atoms with Crippen molar-refractivity contribution in [2.24, 2.45) is 0 Å². The van der Waals surface area contributed by atoms with E-state index in [1.165, 1.54) is 11.1 Å². The summed E-state index contributed by atoms with van der Waals surface area (Å²) in [4.78, 5) is 2.20. The molecule has 0 saturated carbocycles. The summed E-state index contributed by atoms with van der Waals surface area (Å²) in [7, 11) is 4.16. The second-order valence-electron chi connectivity index (χ2n) is 6.85. The zero-order chi connectivity index (χ0) is 19.3. The summed E-state index contributed by atoms with van der Waals surface area (Å²) in [5.74, 6) is 0. The Morgan fingerprint density at radius 1 is 1.15 bits per heavy atom. The predicted molar refractivity (Wildman–Crippen MR) is 117 cm³/mol. The lowest BCUT2D eigenvalue weighted by Crippen LogP contribution is -2.36. The molecule has 0 aliphatic rings. The lowest BCUT2D eigenvalue weighted by molar-refractivity contribution is 0.299. The summed E-state index contributed by atoms with van der Waals surface area (Å²) >= 11 is 11.8. The highest BCUT2D eigenvalue weighted by atomic mass is 35.5. The average molecular weight is 390 g/mol. The Morgan fingerprint density at radius 2 is 1.81 bits per heavy atom. The van der Waals surface area contributed by atoms with Crippen LogP contribution in [-0.4, -0.2) is 30.7 Å². The van der Waals surface area contributed by atoms with Crippen LogP contribution in [0.25, 0.3) is 0 Å². The molecule has 26 heavy (non-hydrogen) atoms. The van der Waals surface area contributed by atoms with Gasteiger partial charge < -0.3 is 15.5 Å². The first-order valence-electron chi connectivity index (χ1n) is 8.88. The molecule has 140 valence electrons. The van der Waals surface area contributed by atoms with Crippen LogP contribution in [0.2, 0.25) is 5.02 Å². The van der Waals surface area contributed by atoms with Gasteiger partial charge in [-0.25, -0.2) is 0 Å². The van der Waals surface area contributed by atoms with Crippen LogP contribution in [-0.2, 0) is 6.42 Å². The van der Waals surface area contributed by atoms with Gasteiger partial charge in [-0.3, -0.25) is 0 Å². The number of rotatable bonds is 6. The smallest absolute Gasteiger partial charge is 0.170 e. The lowest BCUT2D eigenvalue weighted by atomic mass is 10.0. The van der Waals surface area contributed by atoms with Crippen LogP contribution >= 0.6 is 23.8 Å². The number of benzene rings is 2. The molecule has 0 unspecified atom stereocenters. The van der Waals surface area contributed by atoms with Crippen molar-refractivity contribution in [3.63, 3.8) is 0 Å². The molecule has 0 aliphatic carbocycles. The average Bonchev–Trinajstić information content (AvgIpc) is 2.58. The molecular weight excluding hydrogens is 362 g/mol. The minimum Gasteiger partial charge on any atom is -0.361 e. The Labute approximate surface area is 167 Å². The molecule has 2 N–H and O–H groups in total. The van der Waals surface area contributed by atoms with Crippen molar-refractivity contribution in [2.75, 3.05) is 26.0 Å². The monoisotopic (exact) mass is 389 g/mol. The van der Waals surface area contributed by atoms with Gasteiger partial charge in [0, 0.05) is 6.54 Å². The van der Waals surface area contributed by atoms with E-state index in [2.05, 4.69) is 66.9 Å². The van der Waals surface area contributed by atoms with Gasteiger partial charge in [0.15, 0.2) is 5.11 Å². The Balaban J connectivity index is 2.03. The molecular formula is C21H28ClN3S. The van der Waals surface area contributed by atoms with E-state index in [0.717, 1.165) is 23.2 Å². The number of halogens is 1. The molecule has 0 aromatic heterocycles. The molecule has 2 rings (SSSR count). The van der Waals surface area contributed by atoms with Crippen molar-refractivity contribution >= 4 is 34.6 Å². The number of nitrogens with zero attached hydrogens (tertiary/aromatic N) is 1. The molecule has 3 nitrogen and oxygen atoms in total. The van der Waals surface area contributed by atoms with Crippen molar-refractivity contribution in [2.45, 2.75) is 33.2 Å². The first-order valence-corrected chi connectivity index (χ1v) is 9.67. The van der Waals surface area contributed by atoms with Gasteiger partial charge in [-0.05, 0) is 74.9 Å². The number of thiocarbonyl (C=S) groups is 1. The van der Waals surface area contributed by atoms with E-state index in [9.17, 15) is 0 Å². The third-order valence-electron chi connectivity index (χ3n) is 4.52. The van der Waals surface area contributed by atoms with Gasteiger partial charge in [0.2, 0.25) is 0 Å². The summed E-state index contributed by atoms with van der Waals surface area (Å²) in [6.45, 7) is 6.95. The Hall–Kier alpha value is -1.62. The van der Waals surface area contributed by atoms with E-state index in [0.29, 0.717) is 16.7 Å². The maximum atomic E-state index is 6.36. The Kier molecular flexibility index (Phi) is 7.44. The molecule has 1 atom stereocenters. The summed E-state index contributed by atoms with van der Waals surface area (Å²) in [6.07, 6.45) is 1.05. The van der Waals surface area contributed by atoms with Crippen LogP contribution in [0, 0.1) is 13.8 Å². The van der Waals surface area contributed by atoms with Crippen molar-refractivity contribution in [1.82, 2.24) is 10.2 Å². The quantitative estimate of drug-likeness (QED) is 0.671. The highest BCUT2D eigenvalue weighted by Gasteiger charge is 2.15. The summed E-state index contributed by atoms with van der Waals surface area (Å²) in [5.41, 5.74) is 5.70. The number of likely N-dealkylation sites (N-methyl/N-ethyl adjacent to an activating group) is 1. The number of nitrogens with one attached hydrogen (secondary N) is 2. The SMILES string of the molecule is CCc1ccc([C@@H](CNC(=S)Nc2c(C)cc(C)cc2Cl)N(C)C)cc1. The van der Waals surface area contributed by atoms with E-state index in [1.54, 1.807) is 0 Å². The van der Waals surface area contributed by atoms with Crippen molar-refractivity contribution in [3.05, 3.63) is 63.7 Å². The van der Waals surface area contributed by atoms with Gasteiger partial charge in [-0.1, -0.05) is 48.9 Å². The molecule has 0 radical (unpaired) electrons. The fourth-order valence-corrected chi connectivity index (χ4v) is 3.55. The van der Waals surface area contributed by atoms with Crippen molar-refractivity contribution < 1.29 is 0 Å². The maximum Gasteiger partial charge on any atom is 0.170 e. The maximum absolute atomic E-state index is 6.36. The molecule has 0 fully saturated rings. The van der Waals surface area contributed by atoms with Gasteiger partial charge in [-0.2, -0.15) is 0 Å². The second-order valence-corrected chi connectivity index (χ2v) is 7.66. The fourth-order valence-electron chi connectivity index (χ4n) is 3.00. The zero-order valence-corrected chi connectivity index (χ0v) is 17.8. The van der Waals surface area contributed by atoms with E-state index in [1.807, 2.05) is 19.9 Å². The van der Waals surface area contributed by atoms with E-state index < -0.39 is 0 Å². The van der Waals surface area contributed by atoms with E-state index in [-0.39, 0.29) is 6.04 Å². The standard InChI is InChI=1S/C21H28ClN3S/c1-6-16-7-9-17(10-8-16)19(25(4)5)13-23-21(26)24-20-15(3)11-14(2)12-18(20)22/h7-12,19H,6,13H2,1-5H3,(H2,23,24,26)/t19-/m1/s1. The van der Waals surface area contributed by atoms with Gasteiger partial charge >= 0.3 is 0 Å².